The van der Waals surface area contributed by atoms with Gasteiger partial charge < -0.3 is 15.1 Å². The van der Waals surface area contributed by atoms with Crippen LogP contribution in [0.15, 0.2) is 17.5 Å². The molecule has 25 heavy (non-hydrogen) atoms. The molecule has 2 atom stereocenters. The van der Waals surface area contributed by atoms with Crippen LogP contribution in [-0.4, -0.2) is 54.8 Å². The van der Waals surface area contributed by atoms with Crippen LogP contribution in [0.1, 0.15) is 49.4 Å². The quantitative estimate of drug-likeness (QED) is 0.845. The molecule has 2 unspecified atom stereocenters. The first-order valence-electron chi connectivity index (χ1n) is 9.33. The Balaban J connectivity index is 1.54. The first-order chi connectivity index (χ1) is 12.1. The fraction of sp³-hybridized carbons (Fsp3) is 0.684. The molecule has 1 aliphatic carbocycles. The van der Waals surface area contributed by atoms with E-state index in [1.165, 1.54) is 24.1 Å². The van der Waals surface area contributed by atoms with Gasteiger partial charge in [0.05, 0.1) is 12.0 Å². The molecule has 5 nitrogen and oxygen atoms in total. The number of rotatable bonds is 6. The second-order valence-electron chi connectivity index (χ2n) is 7.48. The molecule has 1 aromatic heterocycles. The molecule has 1 saturated heterocycles. The van der Waals surface area contributed by atoms with Crippen LogP contribution in [0.3, 0.4) is 0 Å². The second kappa shape index (κ2) is 8.32. The van der Waals surface area contributed by atoms with Gasteiger partial charge in [0.2, 0.25) is 11.8 Å². The number of nitrogens with zero attached hydrogens (tertiary/aromatic N) is 2. The Morgan fingerprint density at radius 2 is 2.12 bits per heavy atom. The molecule has 138 valence electrons. The van der Waals surface area contributed by atoms with Crippen LogP contribution in [0.25, 0.3) is 0 Å². The van der Waals surface area contributed by atoms with E-state index in [-0.39, 0.29) is 23.8 Å². The molecule has 0 aromatic carbocycles. The zero-order chi connectivity index (χ0) is 17.8. The van der Waals surface area contributed by atoms with Crippen molar-refractivity contribution in [2.45, 2.75) is 50.6 Å². The van der Waals surface area contributed by atoms with Gasteiger partial charge in [-0.25, -0.2) is 0 Å². The molecule has 1 aliphatic heterocycles. The molecular formula is C19H29N3O2S. The maximum atomic E-state index is 12.6. The lowest BCUT2D eigenvalue weighted by atomic mass is 9.94. The molecule has 2 heterocycles. The Morgan fingerprint density at radius 1 is 1.36 bits per heavy atom. The van der Waals surface area contributed by atoms with Crippen molar-refractivity contribution in [1.29, 1.82) is 0 Å². The molecule has 6 heteroatoms. The number of hydrogen-bond acceptors (Lipinski definition) is 4. The fourth-order valence-electron chi connectivity index (χ4n) is 4.01. The Morgan fingerprint density at radius 3 is 2.76 bits per heavy atom. The van der Waals surface area contributed by atoms with Crippen molar-refractivity contribution in [3.63, 3.8) is 0 Å². The highest BCUT2D eigenvalue weighted by atomic mass is 32.1. The van der Waals surface area contributed by atoms with Gasteiger partial charge in [-0.15, -0.1) is 11.3 Å². The third-order valence-corrected chi connectivity index (χ3v) is 6.48. The van der Waals surface area contributed by atoms with Crippen molar-refractivity contribution >= 4 is 23.2 Å². The van der Waals surface area contributed by atoms with Gasteiger partial charge in [-0.2, -0.15) is 0 Å². The summed E-state index contributed by atoms with van der Waals surface area (Å²) in [5, 5.41) is 5.15. The van der Waals surface area contributed by atoms with Crippen LogP contribution in [0.4, 0.5) is 0 Å². The van der Waals surface area contributed by atoms with Crippen molar-refractivity contribution in [3.05, 3.63) is 22.4 Å². The lowest BCUT2D eigenvalue weighted by Gasteiger charge is -2.31. The number of hydrogen-bond donors (Lipinski definition) is 1. The maximum Gasteiger partial charge on any atom is 0.225 e. The minimum atomic E-state index is -0.194. The molecular weight excluding hydrogens is 334 g/mol. The van der Waals surface area contributed by atoms with Crippen LogP contribution < -0.4 is 5.32 Å². The summed E-state index contributed by atoms with van der Waals surface area (Å²) in [5.41, 5.74) is 0. The number of amides is 2. The van der Waals surface area contributed by atoms with Gasteiger partial charge in [0, 0.05) is 30.4 Å². The molecule has 2 amide bonds. The van der Waals surface area contributed by atoms with Gasteiger partial charge in [0.25, 0.3) is 0 Å². The zero-order valence-electron chi connectivity index (χ0n) is 15.2. The Hall–Kier alpha value is -1.40. The molecule has 1 saturated carbocycles. The summed E-state index contributed by atoms with van der Waals surface area (Å²) in [6.07, 6.45) is 6.25. The fourth-order valence-corrected chi connectivity index (χ4v) is 4.94. The van der Waals surface area contributed by atoms with Crippen LogP contribution in [0.5, 0.6) is 0 Å². The van der Waals surface area contributed by atoms with Gasteiger partial charge in [0.15, 0.2) is 0 Å². The van der Waals surface area contributed by atoms with Crippen molar-refractivity contribution in [1.82, 2.24) is 15.1 Å². The summed E-state index contributed by atoms with van der Waals surface area (Å²) in [6.45, 7) is 1.18. The summed E-state index contributed by atoms with van der Waals surface area (Å²) in [5.74, 6) is -0.00916. The van der Waals surface area contributed by atoms with E-state index in [1.807, 2.05) is 25.1 Å². The van der Waals surface area contributed by atoms with Crippen molar-refractivity contribution in [2.75, 3.05) is 27.2 Å². The molecule has 0 radical (unpaired) electrons. The molecule has 0 spiro atoms. The van der Waals surface area contributed by atoms with Crippen LogP contribution >= 0.6 is 11.3 Å². The van der Waals surface area contributed by atoms with E-state index < -0.39 is 0 Å². The van der Waals surface area contributed by atoms with Gasteiger partial charge >= 0.3 is 0 Å². The Bertz CT molecular complexity index is 581. The maximum absolute atomic E-state index is 12.6. The zero-order valence-corrected chi connectivity index (χ0v) is 16.1. The molecule has 1 N–H and O–H groups in total. The Labute approximate surface area is 154 Å². The molecule has 1 aromatic rings. The van der Waals surface area contributed by atoms with Gasteiger partial charge in [0.1, 0.15) is 0 Å². The van der Waals surface area contributed by atoms with E-state index in [9.17, 15) is 9.59 Å². The van der Waals surface area contributed by atoms with Gasteiger partial charge in [-0.1, -0.05) is 25.3 Å². The predicted octanol–water partition coefficient (Wildman–Crippen LogP) is 2.65. The topological polar surface area (TPSA) is 52.7 Å². The summed E-state index contributed by atoms with van der Waals surface area (Å²) < 4.78 is 0. The van der Waals surface area contributed by atoms with Crippen molar-refractivity contribution in [2.24, 2.45) is 5.92 Å². The normalized spacial score (nSPS) is 23.2. The largest absolute Gasteiger partial charge is 0.354 e. The number of likely N-dealkylation sites (tertiary alicyclic amines) is 1. The van der Waals surface area contributed by atoms with Crippen LogP contribution in [0, 0.1) is 5.92 Å². The standard InChI is InChI=1S/C19H29N3O2S/c1-21(2)16(17-9-6-10-25-17)12-20-19(24)14-11-18(23)22(13-14)15-7-4-3-5-8-15/h6,9-10,14-16H,3-5,7-8,11-13H2,1-2H3,(H,20,24). The summed E-state index contributed by atoms with van der Waals surface area (Å²) in [7, 11) is 4.06. The minimum Gasteiger partial charge on any atom is -0.354 e. The van der Waals surface area contributed by atoms with Gasteiger partial charge in [-0.3, -0.25) is 9.59 Å². The first kappa shape index (κ1) is 18.4. The summed E-state index contributed by atoms with van der Waals surface area (Å²) in [4.78, 5) is 30.3. The number of carbonyl (C=O) groups is 2. The SMILES string of the molecule is CN(C)C(CNC(=O)C1CC(=O)N(C2CCCCC2)C1)c1cccs1. The molecule has 3 rings (SSSR count). The number of carbonyl (C=O) groups excluding carboxylic acids is 2. The third kappa shape index (κ3) is 4.42. The monoisotopic (exact) mass is 363 g/mol. The highest BCUT2D eigenvalue weighted by molar-refractivity contribution is 7.10. The molecule has 2 fully saturated rings. The summed E-state index contributed by atoms with van der Waals surface area (Å²) in [6, 6.07) is 4.68. The first-order valence-corrected chi connectivity index (χ1v) is 10.2. The van der Waals surface area contributed by atoms with E-state index in [0.29, 0.717) is 25.6 Å². The van der Waals surface area contributed by atoms with E-state index in [1.54, 1.807) is 11.3 Å². The van der Waals surface area contributed by atoms with E-state index in [4.69, 9.17) is 0 Å². The number of thiophene rings is 1. The number of nitrogens with one attached hydrogen (secondary N) is 1. The van der Waals surface area contributed by atoms with E-state index in [2.05, 4.69) is 21.7 Å². The lowest BCUT2D eigenvalue weighted by molar-refractivity contribution is -0.130. The van der Waals surface area contributed by atoms with Crippen LogP contribution in [0.2, 0.25) is 0 Å². The smallest absolute Gasteiger partial charge is 0.225 e. The van der Waals surface area contributed by atoms with E-state index in [0.717, 1.165) is 12.8 Å². The van der Waals surface area contributed by atoms with Crippen LogP contribution in [-0.2, 0) is 9.59 Å². The highest BCUT2D eigenvalue weighted by Gasteiger charge is 2.38. The van der Waals surface area contributed by atoms with Crippen molar-refractivity contribution < 1.29 is 9.59 Å². The predicted molar refractivity (Wildman–Crippen MR) is 100 cm³/mol. The average molecular weight is 364 g/mol. The summed E-state index contributed by atoms with van der Waals surface area (Å²) >= 11 is 1.71. The molecule has 2 aliphatic rings. The number of likely N-dealkylation sites (N-methyl/N-ethyl adjacent to an activating group) is 1. The third-order valence-electron chi connectivity index (χ3n) is 5.51. The Kier molecular flexibility index (Phi) is 6.12. The molecule has 0 bridgehead atoms. The minimum absolute atomic E-state index is 0.0232. The van der Waals surface area contributed by atoms with Gasteiger partial charge in [-0.05, 0) is 38.4 Å². The second-order valence-corrected chi connectivity index (χ2v) is 8.46. The van der Waals surface area contributed by atoms with Crippen molar-refractivity contribution in [3.8, 4) is 0 Å². The highest BCUT2D eigenvalue weighted by Crippen LogP contribution is 2.29. The van der Waals surface area contributed by atoms with E-state index >= 15 is 0 Å². The lowest BCUT2D eigenvalue weighted by Crippen LogP contribution is -2.40. The average Bonchev–Trinajstić information content (AvgIpc) is 3.25.